The van der Waals surface area contributed by atoms with Gasteiger partial charge >= 0.3 is 0 Å². The second kappa shape index (κ2) is 5.50. The van der Waals surface area contributed by atoms with Crippen LogP contribution in [0, 0.1) is 0 Å². The van der Waals surface area contributed by atoms with Crippen LogP contribution in [0.3, 0.4) is 0 Å². The Morgan fingerprint density at radius 2 is 1.91 bits per heavy atom. The quantitative estimate of drug-likeness (QED) is 0.515. The molecule has 4 aromatic rings. The van der Waals surface area contributed by atoms with Crippen molar-refractivity contribution >= 4 is 22.3 Å². The molecule has 0 bridgehead atoms. The molecule has 0 unspecified atom stereocenters. The van der Waals surface area contributed by atoms with E-state index in [9.17, 15) is 5.11 Å². The number of hydrogen-bond acceptors (Lipinski definition) is 3. The average Bonchev–Trinajstić information content (AvgIpc) is 3.04. The Balaban J connectivity index is 1.79. The molecular weight excluding hydrogens is 286 g/mol. The van der Waals surface area contributed by atoms with E-state index in [2.05, 4.69) is 21.4 Å². The lowest BCUT2D eigenvalue weighted by atomic mass is 10.0. The molecule has 3 N–H and O–H groups in total. The van der Waals surface area contributed by atoms with Gasteiger partial charge in [0.2, 0.25) is 0 Å². The molecule has 23 heavy (non-hydrogen) atoms. The summed E-state index contributed by atoms with van der Waals surface area (Å²) in [5.41, 5.74) is 4.81. The molecule has 0 saturated carbocycles. The van der Waals surface area contributed by atoms with Crippen LogP contribution in [0.1, 0.15) is 0 Å². The van der Waals surface area contributed by atoms with Crippen molar-refractivity contribution in [2.45, 2.75) is 0 Å². The van der Waals surface area contributed by atoms with Gasteiger partial charge in [-0.15, -0.1) is 0 Å². The van der Waals surface area contributed by atoms with Crippen molar-refractivity contribution < 1.29 is 5.11 Å². The average molecular weight is 301 g/mol. The molecule has 0 radical (unpaired) electrons. The molecule has 0 amide bonds. The van der Waals surface area contributed by atoms with Crippen LogP contribution in [0.2, 0.25) is 0 Å². The number of phenolic OH excluding ortho intramolecular Hbond substituents is 1. The van der Waals surface area contributed by atoms with Crippen molar-refractivity contribution in [3.05, 3.63) is 73.2 Å². The molecule has 4 rings (SSSR count). The van der Waals surface area contributed by atoms with E-state index in [1.165, 1.54) is 0 Å². The van der Waals surface area contributed by atoms with Crippen molar-refractivity contribution in [2.75, 3.05) is 5.32 Å². The molecule has 4 nitrogen and oxygen atoms in total. The van der Waals surface area contributed by atoms with Crippen molar-refractivity contribution in [3.8, 4) is 16.9 Å². The minimum atomic E-state index is 0.224. The molecule has 0 aliphatic carbocycles. The minimum Gasteiger partial charge on any atom is -0.508 e. The van der Waals surface area contributed by atoms with Gasteiger partial charge < -0.3 is 15.4 Å². The maximum absolute atomic E-state index is 10.1. The van der Waals surface area contributed by atoms with E-state index < -0.39 is 0 Å². The Bertz CT molecular complexity index is 961. The normalized spacial score (nSPS) is 10.8. The fourth-order valence-corrected chi connectivity index (χ4v) is 2.78. The zero-order chi connectivity index (χ0) is 15.6. The summed E-state index contributed by atoms with van der Waals surface area (Å²) in [6, 6.07) is 17.4. The molecule has 2 heterocycles. The number of H-pyrrole nitrogens is 1. The number of hydrogen-bond donors (Lipinski definition) is 3. The summed E-state index contributed by atoms with van der Waals surface area (Å²) >= 11 is 0. The van der Waals surface area contributed by atoms with Gasteiger partial charge in [0.25, 0.3) is 0 Å². The van der Waals surface area contributed by atoms with Crippen molar-refractivity contribution in [2.24, 2.45) is 0 Å². The first-order valence-corrected chi connectivity index (χ1v) is 7.37. The third-order valence-electron chi connectivity index (χ3n) is 3.77. The number of benzene rings is 2. The number of nitrogens with zero attached hydrogens (tertiary/aromatic N) is 1. The van der Waals surface area contributed by atoms with E-state index in [0.29, 0.717) is 0 Å². The summed E-state index contributed by atoms with van der Waals surface area (Å²) in [6.07, 6.45) is 5.40. The molecule has 0 aliphatic heterocycles. The smallest absolute Gasteiger partial charge is 0.118 e. The van der Waals surface area contributed by atoms with E-state index in [1.54, 1.807) is 24.5 Å². The Hall–Kier alpha value is -3.27. The van der Waals surface area contributed by atoms with Crippen molar-refractivity contribution in [1.29, 1.82) is 0 Å². The fourth-order valence-electron chi connectivity index (χ4n) is 2.78. The summed E-state index contributed by atoms with van der Waals surface area (Å²) in [5, 5.41) is 14.5. The Morgan fingerprint density at radius 1 is 0.957 bits per heavy atom. The number of phenols is 1. The zero-order valence-electron chi connectivity index (χ0n) is 12.3. The van der Waals surface area contributed by atoms with Gasteiger partial charge in [-0.05, 0) is 47.5 Å². The van der Waals surface area contributed by atoms with Gasteiger partial charge in [-0.2, -0.15) is 0 Å². The molecule has 112 valence electrons. The van der Waals surface area contributed by atoms with Crippen LogP contribution in [0.5, 0.6) is 5.75 Å². The number of anilines is 2. The molecule has 0 fully saturated rings. The van der Waals surface area contributed by atoms with E-state index in [1.807, 2.05) is 42.6 Å². The highest BCUT2D eigenvalue weighted by Gasteiger charge is 2.07. The highest BCUT2D eigenvalue weighted by atomic mass is 16.3. The van der Waals surface area contributed by atoms with Gasteiger partial charge in [0.1, 0.15) is 5.75 Å². The third kappa shape index (κ3) is 2.62. The number of aromatic hydroxyl groups is 1. The lowest BCUT2D eigenvalue weighted by Gasteiger charge is -2.10. The Labute approximate surface area is 133 Å². The zero-order valence-corrected chi connectivity index (χ0v) is 12.3. The molecule has 4 heteroatoms. The van der Waals surface area contributed by atoms with Gasteiger partial charge in [-0.3, -0.25) is 4.98 Å². The van der Waals surface area contributed by atoms with Crippen LogP contribution in [0.4, 0.5) is 11.4 Å². The minimum absolute atomic E-state index is 0.224. The number of pyridine rings is 1. The SMILES string of the molecule is Oc1cc(Nc2cccnc2)cc(-c2cccc3[nH]ccc23)c1. The van der Waals surface area contributed by atoms with Gasteiger partial charge in [0.05, 0.1) is 11.9 Å². The van der Waals surface area contributed by atoms with Crippen molar-refractivity contribution in [1.82, 2.24) is 9.97 Å². The van der Waals surface area contributed by atoms with E-state index in [-0.39, 0.29) is 5.75 Å². The second-order valence-electron chi connectivity index (χ2n) is 5.38. The molecule has 0 saturated heterocycles. The maximum Gasteiger partial charge on any atom is 0.118 e. The van der Waals surface area contributed by atoms with Crippen LogP contribution in [-0.2, 0) is 0 Å². The standard InChI is InChI=1S/C19H15N3O/c23-16-10-13(17-4-1-5-19-18(17)6-8-21-19)9-15(11-16)22-14-3-2-7-20-12-14/h1-12,21-23H. The second-order valence-corrected chi connectivity index (χ2v) is 5.38. The molecule has 2 aromatic heterocycles. The molecule has 0 atom stereocenters. The first kappa shape index (κ1) is 13.4. The number of fused-ring (bicyclic) bond motifs is 1. The molecule has 0 aliphatic rings. The predicted octanol–water partition coefficient (Wildman–Crippen LogP) is 4.68. The van der Waals surface area contributed by atoms with E-state index in [4.69, 9.17) is 0 Å². The Morgan fingerprint density at radius 3 is 2.78 bits per heavy atom. The number of nitrogens with one attached hydrogen (secondary N) is 2. The van der Waals surface area contributed by atoms with Gasteiger partial charge in [-0.1, -0.05) is 12.1 Å². The lowest BCUT2D eigenvalue weighted by Crippen LogP contribution is -1.91. The maximum atomic E-state index is 10.1. The summed E-state index contributed by atoms with van der Waals surface area (Å²) in [7, 11) is 0. The van der Waals surface area contributed by atoms with Crippen LogP contribution < -0.4 is 5.32 Å². The van der Waals surface area contributed by atoms with Crippen molar-refractivity contribution in [3.63, 3.8) is 0 Å². The van der Waals surface area contributed by atoms with Crippen LogP contribution in [-0.4, -0.2) is 15.1 Å². The van der Waals surface area contributed by atoms with Gasteiger partial charge in [-0.25, -0.2) is 0 Å². The highest BCUT2D eigenvalue weighted by Crippen LogP contribution is 2.33. The topological polar surface area (TPSA) is 60.9 Å². The first-order chi connectivity index (χ1) is 11.3. The predicted molar refractivity (Wildman–Crippen MR) is 92.9 cm³/mol. The molecule has 2 aromatic carbocycles. The largest absolute Gasteiger partial charge is 0.508 e. The summed E-state index contributed by atoms with van der Waals surface area (Å²) in [5.74, 6) is 0.224. The molecular formula is C19H15N3O. The first-order valence-electron chi connectivity index (χ1n) is 7.37. The lowest BCUT2D eigenvalue weighted by molar-refractivity contribution is 0.476. The summed E-state index contributed by atoms with van der Waals surface area (Å²) in [4.78, 5) is 7.30. The number of rotatable bonds is 3. The number of aromatic nitrogens is 2. The van der Waals surface area contributed by atoms with Crippen LogP contribution in [0.25, 0.3) is 22.0 Å². The summed E-state index contributed by atoms with van der Waals surface area (Å²) < 4.78 is 0. The fraction of sp³-hybridized carbons (Fsp3) is 0. The van der Waals surface area contributed by atoms with E-state index >= 15 is 0 Å². The third-order valence-corrected chi connectivity index (χ3v) is 3.77. The van der Waals surface area contributed by atoms with Crippen LogP contribution >= 0.6 is 0 Å². The monoisotopic (exact) mass is 301 g/mol. The van der Waals surface area contributed by atoms with Gasteiger partial charge in [0.15, 0.2) is 0 Å². The number of aromatic amines is 1. The Kier molecular flexibility index (Phi) is 3.20. The van der Waals surface area contributed by atoms with Crippen LogP contribution in [0.15, 0.2) is 73.2 Å². The van der Waals surface area contributed by atoms with Gasteiger partial charge in [0, 0.05) is 35.1 Å². The highest BCUT2D eigenvalue weighted by molar-refractivity contribution is 5.95. The molecule has 0 spiro atoms. The summed E-state index contributed by atoms with van der Waals surface area (Å²) in [6.45, 7) is 0. The van der Waals surface area contributed by atoms with E-state index in [0.717, 1.165) is 33.4 Å².